The number of tetrazole rings is 1. The maximum Gasteiger partial charge on any atom is 0.253 e. The van der Waals surface area contributed by atoms with Gasteiger partial charge in [-0.15, -0.1) is 5.10 Å². The lowest BCUT2D eigenvalue weighted by molar-refractivity contribution is 0.0902. The Morgan fingerprint density at radius 1 is 1.23 bits per heavy atom. The van der Waals surface area contributed by atoms with Gasteiger partial charge in [-0.3, -0.25) is 9.69 Å². The van der Waals surface area contributed by atoms with Crippen molar-refractivity contribution in [1.82, 2.24) is 30.1 Å². The second-order valence-electron chi connectivity index (χ2n) is 8.36. The molecule has 0 radical (unpaired) electrons. The minimum Gasteiger partial charge on any atom is -0.497 e. The Labute approximate surface area is 180 Å². The van der Waals surface area contributed by atoms with Crippen LogP contribution in [0.15, 0.2) is 29.1 Å². The van der Waals surface area contributed by atoms with Crippen molar-refractivity contribution < 1.29 is 9.47 Å². The third-order valence-corrected chi connectivity index (χ3v) is 6.34. The predicted octanol–water partition coefficient (Wildman–Crippen LogP) is 2.28. The predicted molar refractivity (Wildman–Crippen MR) is 115 cm³/mol. The molecule has 0 amide bonds. The van der Waals surface area contributed by atoms with Crippen molar-refractivity contribution in [2.24, 2.45) is 0 Å². The van der Waals surface area contributed by atoms with Crippen molar-refractivity contribution in [1.29, 1.82) is 0 Å². The first-order chi connectivity index (χ1) is 15.2. The van der Waals surface area contributed by atoms with E-state index in [2.05, 4.69) is 25.4 Å². The minimum atomic E-state index is -0.309. The molecular formula is C22H28N6O3. The molecule has 4 heterocycles. The summed E-state index contributed by atoms with van der Waals surface area (Å²) in [5.41, 5.74) is 1.33. The summed E-state index contributed by atoms with van der Waals surface area (Å²) in [4.78, 5) is 18.6. The molecule has 2 fully saturated rings. The first kappa shape index (κ1) is 20.1. The summed E-state index contributed by atoms with van der Waals surface area (Å²) in [6, 6.07) is 7.31. The molecule has 0 bridgehead atoms. The molecule has 2 aliphatic heterocycles. The number of rotatable bonds is 6. The molecule has 0 spiro atoms. The van der Waals surface area contributed by atoms with Crippen molar-refractivity contribution >= 4 is 10.9 Å². The standard InChI is InChI=1S/C22H28N6O3/c1-30-16-7-8-19-15(12-16)13-18(22(29)23-19)20(27-9-3-2-4-10-27)21-24-25-26-28(21)14-17-6-5-11-31-17/h7-8,12-13,17,20H,2-6,9-11,14H2,1H3,(H,23,29)/t17-,20+/m1/s1. The molecule has 9 heteroatoms. The van der Waals surface area contributed by atoms with E-state index in [4.69, 9.17) is 9.47 Å². The average Bonchev–Trinajstić information content (AvgIpc) is 3.48. The zero-order valence-corrected chi connectivity index (χ0v) is 17.8. The van der Waals surface area contributed by atoms with Crippen LogP contribution in [0.1, 0.15) is 49.5 Å². The molecular weight excluding hydrogens is 396 g/mol. The molecule has 2 aliphatic rings. The first-order valence-electron chi connectivity index (χ1n) is 11.1. The van der Waals surface area contributed by atoms with E-state index in [1.165, 1.54) is 6.42 Å². The van der Waals surface area contributed by atoms with E-state index in [0.717, 1.165) is 62.0 Å². The van der Waals surface area contributed by atoms with Crippen LogP contribution in [-0.2, 0) is 11.3 Å². The highest BCUT2D eigenvalue weighted by molar-refractivity contribution is 5.80. The van der Waals surface area contributed by atoms with Gasteiger partial charge in [-0.25, -0.2) is 4.68 Å². The van der Waals surface area contributed by atoms with Gasteiger partial charge in [0.05, 0.1) is 19.8 Å². The highest BCUT2D eigenvalue weighted by atomic mass is 16.5. The number of hydrogen-bond donors (Lipinski definition) is 1. The maximum atomic E-state index is 13.2. The van der Waals surface area contributed by atoms with Crippen LogP contribution in [-0.4, -0.2) is 63.0 Å². The molecule has 2 aromatic heterocycles. The molecule has 1 aromatic carbocycles. The second-order valence-corrected chi connectivity index (χ2v) is 8.36. The Morgan fingerprint density at radius 3 is 2.87 bits per heavy atom. The number of H-pyrrole nitrogens is 1. The highest BCUT2D eigenvalue weighted by Gasteiger charge is 2.32. The Hall–Kier alpha value is -2.78. The number of likely N-dealkylation sites (tertiary alicyclic amines) is 1. The lowest BCUT2D eigenvalue weighted by Crippen LogP contribution is -2.39. The van der Waals surface area contributed by atoms with E-state index in [1.54, 1.807) is 7.11 Å². The quantitative estimate of drug-likeness (QED) is 0.648. The fourth-order valence-corrected chi connectivity index (χ4v) is 4.73. The van der Waals surface area contributed by atoms with E-state index in [-0.39, 0.29) is 17.7 Å². The highest BCUT2D eigenvalue weighted by Crippen LogP contribution is 2.30. The molecule has 3 aromatic rings. The number of hydrogen-bond acceptors (Lipinski definition) is 7. The zero-order valence-electron chi connectivity index (χ0n) is 17.8. The first-order valence-corrected chi connectivity index (χ1v) is 11.1. The lowest BCUT2D eigenvalue weighted by atomic mass is 10.0. The van der Waals surface area contributed by atoms with Crippen LogP contribution in [0.3, 0.4) is 0 Å². The Kier molecular flexibility index (Phi) is 5.69. The molecule has 31 heavy (non-hydrogen) atoms. The summed E-state index contributed by atoms with van der Waals surface area (Å²) in [6.07, 6.45) is 5.58. The summed E-state index contributed by atoms with van der Waals surface area (Å²) in [6.45, 7) is 3.20. The van der Waals surface area contributed by atoms with Crippen LogP contribution in [0.2, 0.25) is 0 Å². The van der Waals surface area contributed by atoms with Crippen molar-refractivity contribution in [3.8, 4) is 5.75 Å². The number of nitrogens with one attached hydrogen (secondary N) is 1. The number of methoxy groups -OCH3 is 1. The third-order valence-electron chi connectivity index (χ3n) is 6.34. The topological polar surface area (TPSA) is 98.2 Å². The third kappa shape index (κ3) is 4.07. The van der Waals surface area contributed by atoms with Crippen LogP contribution in [0.5, 0.6) is 5.75 Å². The number of nitrogens with zero attached hydrogens (tertiary/aromatic N) is 5. The van der Waals surface area contributed by atoms with Gasteiger partial charge in [-0.2, -0.15) is 0 Å². The summed E-state index contributed by atoms with van der Waals surface area (Å²) < 4.78 is 13.0. The smallest absolute Gasteiger partial charge is 0.253 e. The number of benzene rings is 1. The van der Waals surface area contributed by atoms with Crippen LogP contribution in [0, 0.1) is 0 Å². The summed E-state index contributed by atoms with van der Waals surface area (Å²) >= 11 is 0. The number of ether oxygens (including phenoxy) is 2. The molecule has 0 unspecified atom stereocenters. The SMILES string of the molecule is COc1ccc2[nH]c(=O)c([C@@H](c3nnnn3C[C@H]3CCCO3)N3CCCCC3)cc2c1. The van der Waals surface area contributed by atoms with Gasteiger partial charge in [-0.1, -0.05) is 6.42 Å². The van der Waals surface area contributed by atoms with E-state index in [1.807, 2.05) is 28.9 Å². The number of piperidine rings is 1. The summed E-state index contributed by atoms with van der Waals surface area (Å²) in [7, 11) is 1.64. The number of aromatic nitrogens is 5. The van der Waals surface area contributed by atoms with E-state index >= 15 is 0 Å². The fourth-order valence-electron chi connectivity index (χ4n) is 4.73. The van der Waals surface area contributed by atoms with Crippen LogP contribution >= 0.6 is 0 Å². The van der Waals surface area contributed by atoms with Crippen molar-refractivity contribution in [2.45, 2.75) is 50.8 Å². The minimum absolute atomic E-state index is 0.111. The monoisotopic (exact) mass is 424 g/mol. The van der Waals surface area contributed by atoms with Crippen LogP contribution < -0.4 is 10.3 Å². The Bertz CT molecular complexity index is 1100. The van der Waals surface area contributed by atoms with E-state index in [0.29, 0.717) is 17.9 Å². The normalized spacial score (nSPS) is 20.9. The van der Waals surface area contributed by atoms with Gasteiger partial charge in [0.15, 0.2) is 5.82 Å². The van der Waals surface area contributed by atoms with Gasteiger partial charge < -0.3 is 14.5 Å². The second kappa shape index (κ2) is 8.76. The van der Waals surface area contributed by atoms with Crippen LogP contribution in [0.25, 0.3) is 10.9 Å². The van der Waals surface area contributed by atoms with E-state index < -0.39 is 0 Å². The molecule has 0 saturated carbocycles. The molecule has 2 saturated heterocycles. The van der Waals surface area contributed by atoms with Crippen molar-refractivity contribution in [3.05, 3.63) is 46.0 Å². The number of aromatic amines is 1. The number of fused-ring (bicyclic) bond motifs is 1. The van der Waals surface area contributed by atoms with Gasteiger partial charge >= 0.3 is 0 Å². The summed E-state index contributed by atoms with van der Waals surface area (Å²) in [5.74, 6) is 1.45. The molecule has 9 nitrogen and oxygen atoms in total. The average molecular weight is 425 g/mol. The largest absolute Gasteiger partial charge is 0.497 e. The van der Waals surface area contributed by atoms with Gasteiger partial charge in [0.25, 0.3) is 5.56 Å². The van der Waals surface area contributed by atoms with Crippen molar-refractivity contribution in [3.63, 3.8) is 0 Å². The van der Waals surface area contributed by atoms with E-state index in [9.17, 15) is 4.79 Å². The molecule has 1 N–H and O–H groups in total. The van der Waals surface area contributed by atoms with Gasteiger partial charge in [0.2, 0.25) is 0 Å². The van der Waals surface area contributed by atoms with Crippen molar-refractivity contribution in [2.75, 3.05) is 26.8 Å². The molecule has 164 valence electrons. The molecule has 0 aliphatic carbocycles. The summed E-state index contributed by atoms with van der Waals surface area (Å²) in [5, 5.41) is 13.5. The molecule has 2 atom stereocenters. The maximum absolute atomic E-state index is 13.2. The van der Waals surface area contributed by atoms with Gasteiger partial charge in [-0.05, 0) is 73.5 Å². The van der Waals surface area contributed by atoms with Gasteiger partial charge in [0.1, 0.15) is 11.8 Å². The zero-order chi connectivity index (χ0) is 21.2. The number of pyridine rings is 1. The Morgan fingerprint density at radius 2 is 2.10 bits per heavy atom. The lowest BCUT2D eigenvalue weighted by Gasteiger charge is -2.33. The fraction of sp³-hybridized carbons (Fsp3) is 0.545. The van der Waals surface area contributed by atoms with Gasteiger partial charge in [0, 0.05) is 23.1 Å². The Balaban J connectivity index is 1.59. The molecule has 5 rings (SSSR count). The van der Waals surface area contributed by atoms with Crippen LogP contribution in [0.4, 0.5) is 0 Å².